The van der Waals surface area contributed by atoms with Crippen LogP contribution in [0.4, 0.5) is 19.0 Å². The summed E-state index contributed by atoms with van der Waals surface area (Å²) in [6.07, 6.45) is -2.22. The molecule has 4 nitrogen and oxygen atoms in total. The lowest BCUT2D eigenvalue weighted by Crippen LogP contribution is -2.34. The Bertz CT molecular complexity index is 591. The van der Waals surface area contributed by atoms with Gasteiger partial charge in [0.2, 0.25) is 0 Å². The van der Waals surface area contributed by atoms with Crippen LogP contribution in [0.2, 0.25) is 0 Å². The van der Waals surface area contributed by atoms with Crippen molar-refractivity contribution < 1.29 is 18.0 Å². The number of hydrogen-bond acceptors (Lipinski definition) is 3. The van der Waals surface area contributed by atoms with E-state index >= 15 is 0 Å². The van der Waals surface area contributed by atoms with Gasteiger partial charge in [-0.1, -0.05) is 6.07 Å². The lowest BCUT2D eigenvalue weighted by Gasteiger charge is -2.22. The van der Waals surface area contributed by atoms with Crippen LogP contribution in [0.5, 0.6) is 0 Å². The second-order valence-corrected chi connectivity index (χ2v) is 4.00. The second kappa shape index (κ2) is 4.91. The third kappa shape index (κ3) is 2.69. The first-order valence-electron chi connectivity index (χ1n) is 5.70. The smallest absolute Gasteiger partial charge is 0.346 e. The standard InChI is InChI=1S/C12H12F3N3O/c1-2-17(8-12(13,14)15)11-9(7-19)18-6-4-3-5-10(18)16-11/h3-7H,2,8H2,1H3. The second-order valence-electron chi connectivity index (χ2n) is 4.00. The van der Waals surface area contributed by atoms with Gasteiger partial charge in [-0.3, -0.25) is 9.20 Å². The van der Waals surface area contributed by atoms with Crippen molar-refractivity contribution in [3.05, 3.63) is 30.1 Å². The van der Waals surface area contributed by atoms with Gasteiger partial charge in [0, 0.05) is 12.7 Å². The highest BCUT2D eigenvalue weighted by Gasteiger charge is 2.32. The lowest BCUT2D eigenvalue weighted by molar-refractivity contribution is -0.119. The average Bonchev–Trinajstić information content (AvgIpc) is 2.73. The van der Waals surface area contributed by atoms with Crippen molar-refractivity contribution in [3.8, 4) is 0 Å². The summed E-state index contributed by atoms with van der Waals surface area (Å²) in [6.45, 7) is 0.572. The third-order valence-electron chi connectivity index (χ3n) is 2.71. The fourth-order valence-corrected chi connectivity index (χ4v) is 1.90. The van der Waals surface area contributed by atoms with Crippen molar-refractivity contribution in [1.29, 1.82) is 0 Å². The number of anilines is 1. The molecule has 0 saturated carbocycles. The Morgan fingerprint density at radius 3 is 2.74 bits per heavy atom. The SMILES string of the molecule is CCN(CC(F)(F)F)c1nc2ccccn2c1C=O. The van der Waals surface area contributed by atoms with E-state index in [1.165, 1.54) is 4.40 Å². The number of hydrogen-bond donors (Lipinski definition) is 0. The molecule has 102 valence electrons. The Morgan fingerprint density at radius 1 is 1.42 bits per heavy atom. The number of carbonyl (C=O) groups excluding carboxylic acids is 1. The summed E-state index contributed by atoms with van der Waals surface area (Å²) >= 11 is 0. The Balaban J connectivity index is 2.50. The van der Waals surface area contributed by atoms with Crippen LogP contribution < -0.4 is 4.90 Å². The van der Waals surface area contributed by atoms with E-state index in [9.17, 15) is 18.0 Å². The van der Waals surface area contributed by atoms with E-state index in [4.69, 9.17) is 0 Å². The topological polar surface area (TPSA) is 37.6 Å². The molecule has 2 aromatic heterocycles. The van der Waals surface area contributed by atoms with Gasteiger partial charge in [0.25, 0.3) is 0 Å². The zero-order valence-electron chi connectivity index (χ0n) is 10.2. The molecule has 0 aliphatic carbocycles. The fourth-order valence-electron chi connectivity index (χ4n) is 1.90. The zero-order chi connectivity index (χ0) is 14.0. The largest absolute Gasteiger partial charge is 0.405 e. The minimum atomic E-state index is -4.34. The molecule has 19 heavy (non-hydrogen) atoms. The number of rotatable bonds is 4. The maximum Gasteiger partial charge on any atom is 0.405 e. The van der Waals surface area contributed by atoms with Gasteiger partial charge in [-0.05, 0) is 19.1 Å². The van der Waals surface area contributed by atoms with Crippen molar-refractivity contribution >= 4 is 17.8 Å². The quantitative estimate of drug-likeness (QED) is 0.802. The zero-order valence-corrected chi connectivity index (χ0v) is 10.2. The molecule has 0 fully saturated rings. The molecule has 7 heteroatoms. The van der Waals surface area contributed by atoms with Crippen LogP contribution in [0.1, 0.15) is 17.4 Å². The van der Waals surface area contributed by atoms with Crippen LogP contribution in [0.25, 0.3) is 5.65 Å². The minimum absolute atomic E-state index is 0.0565. The van der Waals surface area contributed by atoms with Crippen molar-refractivity contribution in [2.45, 2.75) is 13.1 Å². The first kappa shape index (κ1) is 13.4. The van der Waals surface area contributed by atoms with Gasteiger partial charge in [0.15, 0.2) is 12.1 Å². The van der Waals surface area contributed by atoms with Crippen LogP contribution in [0.15, 0.2) is 24.4 Å². The van der Waals surface area contributed by atoms with Crippen molar-refractivity contribution in [2.24, 2.45) is 0 Å². The molecule has 0 saturated heterocycles. The van der Waals surface area contributed by atoms with Crippen LogP contribution in [-0.4, -0.2) is 34.9 Å². The van der Waals surface area contributed by atoms with Gasteiger partial charge >= 0.3 is 6.18 Å². The highest BCUT2D eigenvalue weighted by Crippen LogP contribution is 2.24. The van der Waals surface area contributed by atoms with Crippen LogP contribution in [-0.2, 0) is 0 Å². The van der Waals surface area contributed by atoms with Gasteiger partial charge < -0.3 is 4.90 Å². The van der Waals surface area contributed by atoms with Crippen molar-refractivity contribution in [3.63, 3.8) is 0 Å². The summed E-state index contributed by atoms with van der Waals surface area (Å²) in [7, 11) is 0. The number of halogens is 3. The summed E-state index contributed by atoms with van der Waals surface area (Å²) in [6, 6.07) is 5.03. The number of aromatic nitrogens is 2. The van der Waals surface area contributed by atoms with Crippen LogP contribution >= 0.6 is 0 Å². The summed E-state index contributed by atoms with van der Waals surface area (Å²) in [5.41, 5.74) is 0.571. The Labute approximate surface area is 107 Å². The first-order valence-corrected chi connectivity index (χ1v) is 5.70. The molecule has 2 heterocycles. The Hall–Kier alpha value is -2.05. The fraction of sp³-hybridized carbons (Fsp3) is 0.333. The maximum atomic E-state index is 12.5. The molecule has 0 radical (unpaired) electrons. The molecular formula is C12H12F3N3O. The molecule has 0 aliphatic heterocycles. The van der Waals surface area contributed by atoms with E-state index in [1.807, 2.05) is 0 Å². The summed E-state index contributed by atoms with van der Waals surface area (Å²) in [5, 5.41) is 0. The molecule has 0 atom stereocenters. The molecule has 0 N–H and O–H groups in total. The predicted molar refractivity (Wildman–Crippen MR) is 64.5 cm³/mol. The number of alkyl halides is 3. The number of fused-ring (bicyclic) bond motifs is 1. The molecule has 2 rings (SSSR count). The number of nitrogens with zero attached hydrogens (tertiary/aromatic N) is 3. The molecule has 0 spiro atoms. The Kier molecular flexibility index (Phi) is 3.46. The Morgan fingerprint density at radius 2 is 2.16 bits per heavy atom. The van der Waals surface area contributed by atoms with E-state index in [0.29, 0.717) is 11.9 Å². The average molecular weight is 271 g/mol. The van der Waals surface area contributed by atoms with E-state index in [-0.39, 0.29) is 18.1 Å². The molecule has 0 aromatic carbocycles. The normalized spacial score (nSPS) is 11.8. The highest BCUT2D eigenvalue weighted by atomic mass is 19.4. The van der Waals surface area contributed by atoms with Crippen molar-refractivity contribution in [2.75, 3.05) is 18.0 Å². The minimum Gasteiger partial charge on any atom is -0.346 e. The third-order valence-corrected chi connectivity index (χ3v) is 2.71. The van der Waals surface area contributed by atoms with E-state index in [1.54, 1.807) is 31.3 Å². The number of imidazole rings is 1. The summed E-state index contributed by atoms with van der Waals surface area (Å²) in [4.78, 5) is 16.3. The van der Waals surface area contributed by atoms with Gasteiger partial charge in [0.05, 0.1) is 0 Å². The van der Waals surface area contributed by atoms with Crippen molar-refractivity contribution in [1.82, 2.24) is 9.38 Å². The highest BCUT2D eigenvalue weighted by molar-refractivity contribution is 5.83. The van der Waals surface area contributed by atoms with Crippen LogP contribution in [0.3, 0.4) is 0 Å². The van der Waals surface area contributed by atoms with E-state index < -0.39 is 12.7 Å². The number of aldehydes is 1. The van der Waals surface area contributed by atoms with Gasteiger partial charge in [0.1, 0.15) is 17.9 Å². The summed E-state index contributed by atoms with van der Waals surface area (Å²) < 4.78 is 39.0. The predicted octanol–water partition coefficient (Wildman–Crippen LogP) is 2.54. The molecule has 0 amide bonds. The number of carbonyl (C=O) groups is 1. The molecular weight excluding hydrogens is 259 g/mol. The number of pyridine rings is 1. The first-order chi connectivity index (χ1) is 8.96. The molecule has 0 bridgehead atoms. The maximum absolute atomic E-state index is 12.5. The van der Waals surface area contributed by atoms with Gasteiger partial charge in [-0.15, -0.1) is 0 Å². The summed E-state index contributed by atoms with van der Waals surface area (Å²) in [5.74, 6) is 0.0565. The molecule has 2 aromatic rings. The van der Waals surface area contributed by atoms with Crippen LogP contribution in [0, 0.1) is 0 Å². The monoisotopic (exact) mass is 271 g/mol. The van der Waals surface area contributed by atoms with Gasteiger partial charge in [-0.25, -0.2) is 4.98 Å². The van der Waals surface area contributed by atoms with E-state index in [2.05, 4.69) is 4.98 Å². The molecule has 0 unspecified atom stereocenters. The lowest BCUT2D eigenvalue weighted by atomic mass is 10.4. The van der Waals surface area contributed by atoms with E-state index in [0.717, 1.165) is 4.90 Å². The molecule has 0 aliphatic rings. The van der Waals surface area contributed by atoms with Gasteiger partial charge in [-0.2, -0.15) is 13.2 Å².